The van der Waals surface area contributed by atoms with Crippen LogP contribution < -0.4 is 25.8 Å². The van der Waals surface area contributed by atoms with E-state index in [9.17, 15) is 14.9 Å². The summed E-state index contributed by atoms with van der Waals surface area (Å²) >= 11 is 6.32. The second-order valence-electron chi connectivity index (χ2n) is 15.4. The summed E-state index contributed by atoms with van der Waals surface area (Å²) in [5.41, 5.74) is 12.5. The minimum Gasteiger partial charge on any atom is -0.396 e. The number of amides is 3. The van der Waals surface area contributed by atoms with Crippen LogP contribution in [-0.2, 0) is 4.79 Å². The van der Waals surface area contributed by atoms with Crippen LogP contribution in [0.15, 0.2) is 66.9 Å². The molecule has 1 atom stereocenters. The highest BCUT2D eigenvalue weighted by molar-refractivity contribution is 6.36. The first-order chi connectivity index (χ1) is 26.3. The van der Waals surface area contributed by atoms with Gasteiger partial charge in [-0.3, -0.25) is 20.4 Å². The number of halogens is 1. The molecular formula is C42H48ClN9O2. The van der Waals surface area contributed by atoms with Crippen LogP contribution in [-0.4, -0.2) is 79.5 Å². The Kier molecular flexibility index (Phi) is 10.2. The van der Waals surface area contributed by atoms with Crippen LogP contribution in [0.3, 0.4) is 0 Å². The number of nitrogens with zero attached hydrogens (tertiary/aromatic N) is 6. The highest BCUT2D eigenvalue weighted by Crippen LogP contribution is 2.38. The SMILES string of the molecule is N#CC(=N)c1c(Cl)ccc(N2CCCC(c3ccc(N4CCC(CN5CCC(n6ccc7c(N8CCC(=O)NC8=O)cccc76)CC5)CC4)cc3)C2)c1N. The van der Waals surface area contributed by atoms with Gasteiger partial charge in [0.1, 0.15) is 11.8 Å². The number of nitrogens with one attached hydrogen (secondary N) is 2. The van der Waals surface area contributed by atoms with Crippen LogP contribution in [0, 0.1) is 22.7 Å². The Labute approximate surface area is 321 Å². The van der Waals surface area contributed by atoms with E-state index in [1.54, 1.807) is 11.0 Å². The quantitative estimate of drug-likeness (QED) is 0.129. The molecule has 0 aliphatic carbocycles. The Morgan fingerprint density at radius 3 is 2.41 bits per heavy atom. The molecule has 0 spiro atoms. The molecule has 0 saturated carbocycles. The van der Waals surface area contributed by atoms with Gasteiger partial charge >= 0.3 is 6.03 Å². The Morgan fingerprint density at radius 1 is 0.889 bits per heavy atom. The van der Waals surface area contributed by atoms with Gasteiger partial charge in [-0.25, -0.2) is 4.79 Å². The first-order valence-electron chi connectivity index (χ1n) is 19.4. The van der Waals surface area contributed by atoms with Crippen LogP contribution in [0.5, 0.6) is 0 Å². The number of urea groups is 1. The number of nitrogen functional groups attached to an aromatic ring is 1. The molecule has 11 nitrogen and oxygen atoms in total. The number of carbonyl (C=O) groups excluding carboxylic acids is 2. The van der Waals surface area contributed by atoms with E-state index in [1.807, 2.05) is 24.3 Å². The normalized spacial score (nSPS) is 20.7. The zero-order chi connectivity index (χ0) is 37.3. The average molecular weight is 746 g/mol. The lowest BCUT2D eigenvalue weighted by Crippen LogP contribution is -2.49. The summed E-state index contributed by atoms with van der Waals surface area (Å²) in [5.74, 6) is 0.871. The van der Waals surface area contributed by atoms with Crippen LogP contribution in [0.2, 0.25) is 5.02 Å². The van der Waals surface area contributed by atoms with Crippen molar-refractivity contribution in [2.45, 2.75) is 56.9 Å². The molecule has 12 heteroatoms. The average Bonchev–Trinajstić information content (AvgIpc) is 3.63. The number of imide groups is 1. The molecule has 4 aliphatic heterocycles. The topological polar surface area (TPSA) is 138 Å². The zero-order valence-corrected chi connectivity index (χ0v) is 31.4. The number of fused-ring (bicyclic) bond motifs is 1. The monoisotopic (exact) mass is 745 g/mol. The van der Waals surface area contributed by atoms with E-state index >= 15 is 0 Å². The lowest BCUT2D eigenvalue weighted by atomic mass is 9.89. The van der Waals surface area contributed by atoms with Crippen LogP contribution >= 0.6 is 11.6 Å². The van der Waals surface area contributed by atoms with Crippen molar-refractivity contribution in [2.75, 3.05) is 72.8 Å². The molecule has 3 amide bonds. The number of nitriles is 1. The number of hydrogen-bond donors (Lipinski definition) is 3. The Hall–Kier alpha value is -5.05. The predicted octanol–water partition coefficient (Wildman–Crippen LogP) is 7.15. The third-order valence-electron chi connectivity index (χ3n) is 12.2. The van der Waals surface area contributed by atoms with Gasteiger partial charge in [0.15, 0.2) is 0 Å². The summed E-state index contributed by atoms with van der Waals surface area (Å²) in [6.45, 7) is 7.62. The Balaban J connectivity index is 0.821. The summed E-state index contributed by atoms with van der Waals surface area (Å²) in [6.07, 6.45) is 9.26. The molecule has 1 aromatic heterocycles. The van der Waals surface area contributed by atoms with Crippen LogP contribution in [0.25, 0.3) is 10.9 Å². The molecule has 4 aromatic rings. The molecule has 0 bridgehead atoms. The first kappa shape index (κ1) is 36.0. The molecule has 280 valence electrons. The number of aromatic nitrogens is 1. The predicted molar refractivity (Wildman–Crippen MR) is 216 cm³/mol. The molecule has 1 unspecified atom stereocenters. The summed E-state index contributed by atoms with van der Waals surface area (Å²) in [6, 6.07) is 23.0. The van der Waals surface area contributed by atoms with E-state index in [0.29, 0.717) is 47.1 Å². The van der Waals surface area contributed by atoms with Gasteiger partial charge in [-0.15, -0.1) is 0 Å². The van der Waals surface area contributed by atoms with Crippen LogP contribution in [0.1, 0.15) is 68.0 Å². The summed E-state index contributed by atoms with van der Waals surface area (Å²) in [5, 5.41) is 21.2. The third kappa shape index (κ3) is 7.13. The minimum atomic E-state index is -0.342. The smallest absolute Gasteiger partial charge is 0.328 e. The molecule has 8 rings (SSSR count). The van der Waals surface area contributed by atoms with Crippen molar-refractivity contribution in [1.82, 2.24) is 14.8 Å². The van der Waals surface area contributed by atoms with Crippen molar-refractivity contribution in [1.29, 1.82) is 10.7 Å². The number of anilines is 4. The fourth-order valence-electron chi connectivity index (χ4n) is 9.23. The van der Waals surface area contributed by atoms with E-state index < -0.39 is 0 Å². The van der Waals surface area contributed by atoms with Crippen molar-refractivity contribution in [2.24, 2.45) is 5.92 Å². The Morgan fingerprint density at radius 2 is 1.67 bits per heavy atom. The number of likely N-dealkylation sites (tertiary alicyclic amines) is 1. The maximum atomic E-state index is 12.6. The highest BCUT2D eigenvalue weighted by atomic mass is 35.5. The molecular weight excluding hydrogens is 698 g/mol. The standard InChI is InChI=1S/C42H48ClN9O2/c43-34-10-11-38(41(46)40(34)35(45)25-44)50-18-2-3-30(27-50)29-6-8-31(9-7-29)49-21-12-28(13-22-49)26-48-19-14-32(15-20-48)51-23-16-33-36(51)4-1-5-37(33)52-24-17-39(53)47-42(52)54/h1,4-11,16,23,28,30,32,45H,2-3,12-15,17-22,24,26-27,46H2,(H,47,53,54). The first-order valence-corrected chi connectivity index (χ1v) is 19.7. The largest absolute Gasteiger partial charge is 0.396 e. The van der Waals surface area contributed by atoms with Crippen LogP contribution in [0.4, 0.5) is 27.5 Å². The molecule has 4 N–H and O–H groups in total. The Bertz CT molecular complexity index is 2090. The van der Waals surface area contributed by atoms with E-state index in [4.69, 9.17) is 22.7 Å². The maximum Gasteiger partial charge on any atom is 0.328 e. The molecule has 3 aromatic carbocycles. The fraction of sp³-hybridized carbons (Fsp3) is 0.429. The van der Waals surface area contributed by atoms with Crippen molar-refractivity contribution in [3.05, 3.63) is 83.0 Å². The molecule has 0 radical (unpaired) electrons. The molecule has 54 heavy (non-hydrogen) atoms. The number of hydrogen-bond acceptors (Lipinski definition) is 8. The molecule has 4 fully saturated rings. The van der Waals surface area contributed by atoms with Crippen molar-refractivity contribution in [3.8, 4) is 6.07 Å². The van der Waals surface area contributed by atoms with E-state index in [1.165, 1.54) is 24.1 Å². The van der Waals surface area contributed by atoms with Crippen molar-refractivity contribution < 1.29 is 9.59 Å². The highest BCUT2D eigenvalue weighted by Gasteiger charge is 2.30. The second-order valence-corrected chi connectivity index (χ2v) is 15.8. The summed E-state index contributed by atoms with van der Waals surface area (Å²) in [7, 11) is 0. The van der Waals surface area contributed by atoms with Crippen molar-refractivity contribution in [3.63, 3.8) is 0 Å². The van der Waals surface area contributed by atoms with Gasteiger partial charge in [-0.1, -0.05) is 29.8 Å². The van der Waals surface area contributed by atoms with Gasteiger partial charge in [-0.2, -0.15) is 5.26 Å². The van der Waals surface area contributed by atoms with E-state index in [2.05, 4.69) is 67.2 Å². The second kappa shape index (κ2) is 15.4. The molecule has 4 saturated heterocycles. The van der Waals surface area contributed by atoms with E-state index in [0.717, 1.165) is 93.8 Å². The van der Waals surface area contributed by atoms with Crippen molar-refractivity contribution >= 4 is 62.9 Å². The summed E-state index contributed by atoms with van der Waals surface area (Å²) in [4.78, 5) is 33.4. The lowest BCUT2D eigenvalue weighted by molar-refractivity contribution is -0.120. The maximum absolute atomic E-state index is 12.6. The van der Waals surface area contributed by atoms with E-state index in [-0.39, 0.29) is 17.6 Å². The lowest BCUT2D eigenvalue weighted by Gasteiger charge is -2.39. The summed E-state index contributed by atoms with van der Waals surface area (Å²) < 4.78 is 2.40. The number of nitrogens with two attached hydrogens (primary N) is 1. The van der Waals surface area contributed by atoms with Gasteiger partial charge in [0.25, 0.3) is 0 Å². The van der Waals surface area contributed by atoms with Gasteiger partial charge in [-0.05, 0) is 92.5 Å². The van der Waals surface area contributed by atoms with Gasteiger partial charge in [0.2, 0.25) is 5.91 Å². The number of piperidine rings is 3. The van der Waals surface area contributed by atoms with Gasteiger partial charge < -0.3 is 25.0 Å². The third-order valence-corrected chi connectivity index (χ3v) is 12.5. The number of carbonyl (C=O) groups is 2. The fourth-order valence-corrected chi connectivity index (χ4v) is 9.49. The zero-order valence-electron chi connectivity index (χ0n) is 30.6. The minimum absolute atomic E-state index is 0.209. The number of benzene rings is 3. The molecule has 4 aliphatic rings. The number of rotatable bonds is 8. The molecule has 5 heterocycles. The van der Waals surface area contributed by atoms with Gasteiger partial charge in [0, 0.05) is 88.0 Å². The van der Waals surface area contributed by atoms with Gasteiger partial charge in [0.05, 0.1) is 33.2 Å².